The van der Waals surface area contributed by atoms with E-state index in [1.54, 1.807) is 32.2 Å². The molecule has 0 saturated carbocycles. The Morgan fingerprint density at radius 2 is 1.95 bits per heavy atom. The normalized spacial score (nSPS) is 12.0. The molecule has 0 aliphatic heterocycles. The lowest BCUT2D eigenvalue weighted by Gasteiger charge is -2.25. The molecule has 2 rings (SSSR count). The average Bonchev–Trinajstić information content (AvgIpc) is 2.48. The van der Waals surface area contributed by atoms with Crippen molar-refractivity contribution in [3.63, 3.8) is 0 Å². The van der Waals surface area contributed by atoms with Crippen LogP contribution in [0.2, 0.25) is 10.3 Å². The van der Waals surface area contributed by atoms with Crippen LogP contribution in [0.3, 0.4) is 0 Å². The minimum atomic E-state index is -0.471. The van der Waals surface area contributed by atoms with Crippen LogP contribution in [0.15, 0.2) is 30.3 Å². The van der Waals surface area contributed by atoms with Gasteiger partial charge in [-0.3, -0.25) is 4.79 Å². The highest BCUT2D eigenvalue weighted by Gasteiger charge is 2.23. The van der Waals surface area contributed by atoms with Crippen molar-refractivity contribution in [3.05, 3.63) is 57.6 Å². The molecule has 110 valence electrons. The fourth-order valence-electron chi connectivity index (χ4n) is 1.89. The summed E-state index contributed by atoms with van der Waals surface area (Å²) in [5.74, 6) is -0.783. The van der Waals surface area contributed by atoms with Crippen LogP contribution in [-0.4, -0.2) is 28.1 Å². The fourth-order valence-corrected chi connectivity index (χ4v) is 2.21. The first-order chi connectivity index (χ1) is 9.91. The van der Waals surface area contributed by atoms with E-state index in [1.807, 2.05) is 0 Å². The second kappa shape index (κ2) is 6.37. The van der Waals surface area contributed by atoms with Gasteiger partial charge in [-0.2, -0.15) is 0 Å². The molecule has 0 spiro atoms. The highest BCUT2D eigenvalue weighted by molar-refractivity contribution is 6.34. The number of nitrogens with zero attached hydrogens (tertiary/aromatic N) is 3. The SMILES string of the molecule is CC(c1ccccc1F)N(C)C(=O)c1cc(Cl)nnc1Cl. The highest BCUT2D eigenvalue weighted by Crippen LogP contribution is 2.25. The van der Waals surface area contributed by atoms with Crippen molar-refractivity contribution in [3.8, 4) is 0 Å². The summed E-state index contributed by atoms with van der Waals surface area (Å²) in [5, 5.41) is 7.16. The minimum Gasteiger partial charge on any atom is -0.335 e. The predicted octanol–water partition coefficient (Wildman–Crippen LogP) is 3.76. The molecule has 1 aromatic carbocycles. The van der Waals surface area contributed by atoms with Crippen LogP contribution >= 0.6 is 23.2 Å². The second-order valence-corrected chi connectivity index (χ2v) is 5.23. The molecule has 0 bridgehead atoms. The summed E-state index contributed by atoms with van der Waals surface area (Å²) in [4.78, 5) is 13.8. The van der Waals surface area contributed by atoms with Crippen molar-refractivity contribution in [1.29, 1.82) is 0 Å². The van der Waals surface area contributed by atoms with Gasteiger partial charge in [0.15, 0.2) is 10.3 Å². The van der Waals surface area contributed by atoms with Gasteiger partial charge in [0.05, 0.1) is 11.6 Å². The molecule has 0 aliphatic rings. The number of carbonyl (C=O) groups excluding carboxylic acids is 1. The first-order valence-corrected chi connectivity index (χ1v) is 6.87. The summed E-state index contributed by atoms with van der Waals surface area (Å²) in [7, 11) is 1.56. The summed E-state index contributed by atoms with van der Waals surface area (Å²) in [6.07, 6.45) is 0. The van der Waals surface area contributed by atoms with Gasteiger partial charge in [-0.1, -0.05) is 41.4 Å². The third kappa shape index (κ3) is 3.31. The zero-order chi connectivity index (χ0) is 15.6. The van der Waals surface area contributed by atoms with Gasteiger partial charge in [0, 0.05) is 12.6 Å². The van der Waals surface area contributed by atoms with Gasteiger partial charge in [0.25, 0.3) is 5.91 Å². The number of halogens is 3. The van der Waals surface area contributed by atoms with Crippen LogP contribution in [0, 0.1) is 5.82 Å². The van der Waals surface area contributed by atoms with Crippen LogP contribution in [0.5, 0.6) is 0 Å². The van der Waals surface area contributed by atoms with Crippen LogP contribution in [-0.2, 0) is 0 Å². The Kier molecular flexibility index (Phi) is 4.75. The van der Waals surface area contributed by atoms with Crippen LogP contribution < -0.4 is 0 Å². The molecule has 4 nitrogen and oxygen atoms in total. The minimum absolute atomic E-state index is 0.0445. The largest absolute Gasteiger partial charge is 0.335 e. The first-order valence-electron chi connectivity index (χ1n) is 6.12. The zero-order valence-electron chi connectivity index (χ0n) is 11.3. The van der Waals surface area contributed by atoms with Gasteiger partial charge in [0.2, 0.25) is 0 Å². The number of amides is 1. The molecule has 21 heavy (non-hydrogen) atoms. The second-order valence-electron chi connectivity index (χ2n) is 4.49. The molecule has 1 aromatic heterocycles. The van der Waals surface area contributed by atoms with Crippen molar-refractivity contribution in [2.75, 3.05) is 7.05 Å². The monoisotopic (exact) mass is 327 g/mol. The molecule has 0 radical (unpaired) electrons. The Labute approximate surface area is 131 Å². The van der Waals surface area contributed by atoms with Crippen LogP contribution in [0.4, 0.5) is 4.39 Å². The smallest absolute Gasteiger partial charge is 0.257 e. The number of hydrogen-bond acceptors (Lipinski definition) is 3. The first kappa shape index (κ1) is 15.7. The predicted molar refractivity (Wildman–Crippen MR) is 79.0 cm³/mol. The van der Waals surface area contributed by atoms with Gasteiger partial charge in [-0.15, -0.1) is 10.2 Å². The van der Waals surface area contributed by atoms with Crippen molar-refractivity contribution in [1.82, 2.24) is 15.1 Å². The molecule has 1 unspecified atom stereocenters. The summed E-state index contributed by atoms with van der Waals surface area (Å²) >= 11 is 11.6. The summed E-state index contributed by atoms with van der Waals surface area (Å²) in [5.41, 5.74) is 0.542. The summed E-state index contributed by atoms with van der Waals surface area (Å²) in [6.45, 7) is 1.72. The summed E-state index contributed by atoms with van der Waals surface area (Å²) in [6, 6.07) is 7.15. The Balaban J connectivity index is 2.31. The summed E-state index contributed by atoms with van der Waals surface area (Å²) < 4.78 is 13.8. The lowest BCUT2D eigenvalue weighted by molar-refractivity contribution is 0.0740. The third-order valence-corrected chi connectivity index (χ3v) is 3.67. The molecule has 1 atom stereocenters. The van der Waals surface area contributed by atoms with E-state index < -0.39 is 11.9 Å². The van der Waals surface area contributed by atoms with E-state index >= 15 is 0 Å². The number of aromatic nitrogens is 2. The van der Waals surface area contributed by atoms with Gasteiger partial charge in [-0.25, -0.2) is 4.39 Å². The maximum atomic E-state index is 13.8. The Hall–Kier alpha value is -1.72. The van der Waals surface area contributed by atoms with E-state index in [-0.39, 0.29) is 21.7 Å². The maximum Gasteiger partial charge on any atom is 0.257 e. The lowest BCUT2D eigenvalue weighted by Crippen LogP contribution is -2.30. The Bertz CT molecular complexity index is 681. The molecule has 7 heteroatoms. The van der Waals surface area contributed by atoms with Crippen LogP contribution in [0.25, 0.3) is 0 Å². The Morgan fingerprint density at radius 3 is 2.62 bits per heavy atom. The standard InChI is InChI=1S/C14H12Cl2FN3O/c1-8(9-5-3-4-6-11(9)17)20(2)14(21)10-7-12(15)18-19-13(10)16/h3-8H,1-2H3. The van der Waals surface area contributed by atoms with Gasteiger partial charge in [0.1, 0.15) is 5.82 Å². The zero-order valence-corrected chi connectivity index (χ0v) is 12.9. The highest BCUT2D eigenvalue weighted by atomic mass is 35.5. The molecule has 0 saturated heterocycles. The maximum absolute atomic E-state index is 13.8. The molecular formula is C14H12Cl2FN3O. The Morgan fingerprint density at radius 1 is 1.29 bits per heavy atom. The van der Waals surface area contributed by atoms with E-state index in [1.165, 1.54) is 17.0 Å². The van der Waals surface area contributed by atoms with Crippen molar-refractivity contribution >= 4 is 29.1 Å². The number of rotatable bonds is 3. The van der Waals surface area contributed by atoms with Crippen molar-refractivity contribution < 1.29 is 9.18 Å². The van der Waals surface area contributed by atoms with E-state index in [0.717, 1.165) is 0 Å². The number of hydrogen-bond donors (Lipinski definition) is 0. The molecule has 0 N–H and O–H groups in total. The molecule has 1 amide bonds. The van der Waals surface area contributed by atoms with E-state index in [9.17, 15) is 9.18 Å². The molecular weight excluding hydrogens is 316 g/mol. The van der Waals surface area contributed by atoms with Gasteiger partial charge >= 0.3 is 0 Å². The van der Waals surface area contributed by atoms with E-state index in [0.29, 0.717) is 5.56 Å². The molecule has 0 aliphatic carbocycles. The lowest BCUT2D eigenvalue weighted by atomic mass is 10.1. The third-order valence-electron chi connectivity index (χ3n) is 3.21. The van der Waals surface area contributed by atoms with E-state index in [2.05, 4.69) is 10.2 Å². The number of benzene rings is 1. The van der Waals surface area contributed by atoms with Gasteiger partial charge < -0.3 is 4.90 Å². The number of carbonyl (C=O) groups is 1. The van der Waals surface area contributed by atoms with Crippen molar-refractivity contribution in [2.24, 2.45) is 0 Å². The molecule has 1 heterocycles. The van der Waals surface area contributed by atoms with E-state index in [4.69, 9.17) is 23.2 Å². The van der Waals surface area contributed by atoms with Gasteiger partial charge in [-0.05, 0) is 19.1 Å². The molecule has 2 aromatic rings. The average molecular weight is 328 g/mol. The fraction of sp³-hybridized carbons (Fsp3) is 0.214. The topological polar surface area (TPSA) is 46.1 Å². The quantitative estimate of drug-likeness (QED) is 0.862. The van der Waals surface area contributed by atoms with Crippen molar-refractivity contribution in [2.45, 2.75) is 13.0 Å². The van der Waals surface area contributed by atoms with Crippen LogP contribution in [0.1, 0.15) is 28.9 Å². The molecule has 0 fully saturated rings.